The number of aryl methyl sites for hydroxylation is 1. The Kier molecular flexibility index (Phi) is 6.13. The van der Waals surface area contributed by atoms with E-state index in [2.05, 4.69) is 5.32 Å². The van der Waals surface area contributed by atoms with Crippen LogP contribution in [0.15, 0.2) is 42.0 Å². The van der Waals surface area contributed by atoms with Gasteiger partial charge in [0.15, 0.2) is 0 Å². The zero-order valence-electron chi connectivity index (χ0n) is 15.3. The fraction of sp³-hybridized carbons (Fsp3) is 0.238. The van der Waals surface area contributed by atoms with Gasteiger partial charge in [0.2, 0.25) is 0 Å². The van der Waals surface area contributed by atoms with Crippen molar-refractivity contribution in [2.75, 3.05) is 12.4 Å². The minimum atomic E-state index is -0.541. The smallest absolute Gasteiger partial charge is 0.266 e. The number of halogens is 1. The molecule has 0 saturated heterocycles. The van der Waals surface area contributed by atoms with Gasteiger partial charge in [-0.2, -0.15) is 5.26 Å². The quantitative estimate of drug-likeness (QED) is 0.620. The molecule has 0 atom stereocenters. The molecule has 0 aliphatic heterocycles. The minimum absolute atomic E-state index is 0.0303. The van der Waals surface area contributed by atoms with Gasteiger partial charge in [-0.05, 0) is 72.0 Å². The monoisotopic (exact) mass is 352 g/mol. The lowest BCUT2D eigenvalue weighted by molar-refractivity contribution is -0.112. The predicted octanol–water partition coefficient (Wildman–Crippen LogP) is 4.81. The van der Waals surface area contributed by atoms with Crippen molar-refractivity contribution in [2.24, 2.45) is 0 Å². The van der Waals surface area contributed by atoms with Crippen molar-refractivity contribution in [2.45, 2.75) is 26.7 Å². The van der Waals surface area contributed by atoms with E-state index in [1.807, 2.05) is 39.0 Å². The second kappa shape index (κ2) is 8.30. The SMILES string of the molecule is COc1cc(C)c(C=C(C#N)C(=O)Nc2ccc(F)cc2)cc1C(C)C. The number of nitrogens with one attached hydrogen (secondary N) is 1. The number of hydrogen-bond acceptors (Lipinski definition) is 3. The maximum Gasteiger partial charge on any atom is 0.266 e. The summed E-state index contributed by atoms with van der Waals surface area (Å²) >= 11 is 0. The molecule has 0 fully saturated rings. The van der Waals surface area contributed by atoms with Crippen LogP contribution < -0.4 is 10.1 Å². The van der Waals surface area contributed by atoms with Crippen molar-refractivity contribution in [3.63, 3.8) is 0 Å². The lowest BCUT2D eigenvalue weighted by Gasteiger charge is -2.15. The Morgan fingerprint density at radius 2 is 1.92 bits per heavy atom. The molecule has 0 bridgehead atoms. The molecule has 0 heterocycles. The Morgan fingerprint density at radius 3 is 2.46 bits per heavy atom. The van der Waals surface area contributed by atoms with Crippen LogP contribution in [0, 0.1) is 24.1 Å². The van der Waals surface area contributed by atoms with Crippen molar-refractivity contribution >= 4 is 17.7 Å². The number of hydrogen-bond donors (Lipinski definition) is 1. The van der Waals surface area contributed by atoms with Crippen LogP contribution in [0.1, 0.15) is 36.5 Å². The summed E-state index contributed by atoms with van der Waals surface area (Å²) < 4.78 is 18.4. The van der Waals surface area contributed by atoms with Crippen molar-refractivity contribution < 1.29 is 13.9 Å². The van der Waals surface area contributed by atoms with E-state index < -0.39 is 11.7 Å². The van der Waals surface area contributed by atoms with Crippen molar-refractivity contribution in [1.29, 1.82) is 5.26 Å². The molecule has 2 aromatic rings. The van der Waals surface area contributed by atoms with Crippen LogP contribution in [0.25, 0.3) is 6.08 Å². The topological polar surface area (TPSA) is 62.1 Å². The fourth-order valence-electron chi connectivity index (χ4n) is 2.54. The Labute approximate surface area is 152 Å². The summed E-state index contributed by atoms with van der Waals surface area (Å²) in [5.41, 5.74) is 3.07. The molecule has 1 amide bonds. The van der Waals surface area contributed by atoms with Gasteiger partial charge >= 0.3 is 0 Å². The van der Waals surface area contributed by atoms with E-state index in [4.69, 9.17) is 4.74 Å². The first-order valence-corrected chi connectivity index (χ1v) is 8.23. The summed E-state index contributed by atoms with van der Waals surface area (Å²) in [4.78, 5) is 12.4. The number of carbonyl (C=O) groups excluding carboxylic acids is 1. The van der Waals surface area contributed by atoms with Gasteiger partial charge in [0.05, 0.1) is 7.11 Å². The van der Waals surface area contributed by atoms with E-state index in [0.717, 1.165) is 22.4 Å². The number of ether oxygens (including phenoxy) is 1. The highest BCUT2D eigenvalue weighted by molar-refractivity contribution is 6.09. The maximum absolute atomic E-state index is 13.0. The van der Waals surface area contributed by atoms with Gasteiger partial charge in [-0.25, -0.2) is 4.39 Å². The average molecular weight is 352 g/mol. The largest absolute Gasteiger partial charge is 0.496 e. The molecular weight excluding hydrogens is 331 g/mol. The fourth-order valence-corrected chi connectivity index (χ4v) is 2.54. The summed E-state index contributed by atoms with van der Waals surface area (Å²) in [7, 11) is 1.62. The highest BCUT2D eigenvalue weighted by Gasteiger charge is 2.14. The maximum atomic E-state index is 13.0. The number of benzene rings is 2. The predicted molar refractivity (Wildman–Crippen MR) is 100 cm³/mol. The number of carbonyl (C=O) groups is 1. The molecule has 0 unspecified atom stereocenters. The zero-order valence-corrected chi connectivity index (χ0v) is 15.3. The van der Waals surface area contributed by atoms with Gasteiger partial charge < -0.3 is 10.1 Å². The van der Waals surface area contributed by atoms with Gasteiger partial charge in [-0.1, -0.05) is 13.8 Å². The molecule has 4 nitrogen and oxygen atoms in total. The Bertz CT molecular complexity index is 878. The summed E-state index contributed by atoms with van der Waals surface area (Å²) in [6, 6.07) is 11.1. The Hall–Kier alpha value is -3.13. The van der Waals surface area contributed by atoms with E-state index in [-0.39, 0.29) is 11.5 Å². The van der Waals surface area contributed by atoms with E-state index in [1.54, 1.807) is 13.2 Å². The van der Waals surface area contributed by atoms with E-state index in [0.29, 0.717) is 5.69 Å². The molecule has 1 N–H and O–H groups in total. The van der Waals surface area contributed by atoms with Gasteiger partial charge in [0, 0.05) is 5.69 Å². The number of methoxy groups -OCH3 is 1. The number of rotatable bonds is 5. The molecule has 5 heteroatoms. The molecule has 26 heavy (non-hydrogen) atoms. The number of nitriles is 1. The minimum Gasteiger partial charge on any atom is -0.496 e. The molecule has 0 aromatic heterocycles. The summed E-state index contributed by atoms with van der Waals surface area (Å²) in [5, 5.41) is 12.0. The molecule has 0 aliphatic rings. The summed E-state index contributed by atoms with van der Waals surface area (Å²) in [6.07, 6.45) is 1.56. The van der Waals surface area contributed by atoms with Crippen LogP contribution in [0.2, 0.25) is 0 Å². The summed E-state index contributed by atoms with van der Waals surface area (Å²) in [5.74, 6) is 0.0785. The Balaban J connectivity index is 2.36. The second-order valence-electron chi connectivity index (χ2n) is 6.24. The average Bonchev–Trinajstić information content (AvgIpc) is 2.61. The van der Waals surface area contributed by atoms with Crippen LogP contribution in [-0.2, 0) is 4.79 Å². The second-order valence-corrected chi connectivity index (χ2v) is 6.24. The van der Waals surface area contributed by atoms with Crippen LogP contribution in [0.5, 0.6) is 5.75 Å². The first kappa shape index (κ1) is 19.2. The molecule has 0 saturated carbocycles. The van der Waals surface area contributed by atoms with Gasteiger partial charge in [0.25, 0.3) is 5.91 Å². The third-order valence-corrected chi connectivity index (χ3v) is 4.01. The normalized spacial score (nSPS) is 11.2. The van der Waals surface area contributed by atoms with Crippen LogP contribution in [0.4, 0.5) is 10.1 Å². The van der Waals surface area contributed by atoms with E-state index >= 15 is 0 Å². The number of nitrogens with zero attached hydrogens (tertiary/aromatic N) is 1. The first-order valence-electron chi connectivity index (χ1n) is 8.23. The van der Waals surface area contributed by atoms with Crippen molar-refractivity contribution in [1.82, 2.24) is 0 Å². The van der Waals surface area contributed by atoms with Crippen LogP contribution >= 0.6 is 0 Å². The third-order valence-electron chi connectivity index (χ3n) is 4.01. The van der Waals surface area contributed by atoms with Crippen LogP contribution in [-0.4, -0.2) is 13.0 Å². The molecule has 0 aliphatic carbocycles. The zero-order chi connectivity index (χ0) is 19.3. The Morgan fingerprint density at radius 1 is 1.27 bits per heavy atom. The van der Waals surface area contributed by atoms with Gasteiger partial charge in [-0.3, -0.25) is 4.79 Å². The summed E-state index contributed by atoms with van der Waals surface area (Å²) in [6.45, 7) is 5.99. The third kappa shape index (κ3) is 4.48. The molecule has 2 rings (SSSR count). The van der Waals surface area contributed by atoms with E-state index in [1.165, 1.54) is 24.3 Å². The molecule has 134 valence electrons. The first-order chi connectivity index (χ1) is 12.3. The lowest BCUT2D eigenvalue weighted by atomic mass is 9.95. The lowest BCUT2D eigenvalue weighted by Crippen LogP contribution is -2.13. The van der Waals surface area contributed by atoms with Gasteiger partial charge in [-0.15, -0.1) is 0 Å². The number of anilines is 1. The highest BCUT2D eigenvalue weighted by atomic mass is 19.1. The number of amides is 1. The molecule has 0 radical (unpaired) electrons. The standard InChI is InChI=1S/C21H21FN2O2/c1-13(2)19-11-15(14(3)9-20(19)26-4)10-16(12-23)21(25)24-18-7-5-17(22)6-8-18/h5-11,13H,1-4H3,(H,24,25). The van der Waals surface area contributed by atoms with Crippen LogP contribution in [0.3, 0.4) is 0 Å². The van der Waals surface area contributed by atoms with E-state index in [9.17, 15) is 14.4 Å². The molecule has 0 spiro atoms. The highest BCUT2D eigenvalue weighted by Crippen LogP contribution is 2.30. The van der Waals surface area contributed by atoms with Crippen molar-refractivity contribution in [3.05, 3.63) is 64.5 Å². The molecular formula is C21H21FN2O2. The van der Waals surface area contributed by atoms with Crippen molar-refractivity contribution in [3.8, 4) is 11.8 Å². The molecule has 2 aromatic carbocycles. The van der Waals surface area contributed by atoms with Gasteiger partial charge in [0.1, 0.15) is 23.2 Å².